The normalized spacial score (nSPS) is 38.3. The number of carboxylic acids is 1. The molecule has 1 aliphatic carbocycles. The Kier molecular flexibility index (Phi) is 2.24. The summed E-state index contributed by atoms with van der Waals surface area (Å²) in [5, 5.41) is 9.05. The molecule has 4 nitrogen and oxygen atoms in total. The van der Waals surface area contributed by atoms with E-state index < -0.39 is 17.9 Å². The molecule has 1 aliphatic heterocycles. The van der Waals surface area contributed by atoms with Crippen LogP contribution in [0.2, 0.25) is 0 Å². The minimum absolute atomic E-state index is 0.113. The maximum absolute atomic E-state index is 11.5. The number of hydrogen-bond acceptors (Lipinski definition) is 3. The van der Waals surface area contributed by atoms with Gasteiger partial charge in [-0.15, -0.1) is 0 Å². The van der Waals surface area contributed by atoms with Crippen molar-refractivity contribution in [1.29, 1.82) is 0 Å². The molecule has 0 radical (unpaired) electrons. The van der Waals surface area contributed by atoms with Gasteiger partial charge in [0.05, 0.1) is 0 Å². The Labute approximate surface area is 88.6 Å². The predicted octanol–water partition coefficient (Wildman–Crippen LogP) is 1.44. The molecule has 3 unspecified atom stereocenters. The van der Waals surface area contributed by atoms with Gasteiger partial charge in [0.15, 0.2) is 5.92 Å². The number of ether oxygens (including phenoxy) is 1. The van der Waals surface area contributed by atoms with Crippen molar-refractivity contribution in [3.8, 4) is 0 Å². The Morgan fingerprint density at radius 2 is 2.20 bits per heavy atom. The summed E-state index contributed by atoms with van der Waals surface area (Å²) in [4.78, 5) is 22.5. The molecule has 3 atom stereocenters. The van der Waals surface area contributed by atoms with E-state index in [0.29, 0.717) is 0 Å². The Morgan fingerprint density at radius 1 is 1.53 bits per heavy atom. The highest BCUT2D eigenvalue weighted by molar-refractivity contribution is 5.96. The minimum atomic E-state index is -1.04. The summed E-state index contributed by atoms with van der Waals surface area (Å²) in [6.45, 7) is 4.06. The molecule has 2 rings (SSSR count). The van der Waals surface area contributed by atoms with E-state index in [9.17, 15) is 9.59 Å². The fraction of sp³-hybridized carbons (Fsp3) is 0.818. The Morgan fingerprint density at radius 3 is 2.80 bits per heavy atom. The zero-order chi connectivity index (χ0) is 11.2. The second kappa shape index (κ2) is 3.22. The molecular formula is C11H16O4. The number of esters is 1. The molecule has 1 N–H and O–H groups in total. The first kappa shape index (κ1) is 10.5. The van der Waals surface area contributed by atoms with Gasteiger partial charge >= 0.3 is 11.9 Å². The van der Waals surface area contributed by atoms with Gasteiger partial charge in [-0.05, 0) is 24.7 Å². The van der Waals surface area contributed by atoms with Gasteiger partial charge < -0.3 is 9.84 Å². The van der Waals surface area contributed by atoms with E-state index in [-0.39, 0.29) is 17.4 Å². The van der Waals surface area contributed by atoms with Crippen LogP contribution in [0, 0.1) is 17.3 Å². The molecule has 0 amide bonds. The van der Waals surface area contributed by atoms with Crippen molar-refractivity contribution in [3.63, 3.8) is 0 Å². The quantitative estimate of drug-likeness (QED) is 0.527. The van der Waals surface area contributed by atoms with Crippen LogP contribution in [0.5, 0.6) is 0 Å². The van der Waals surface area contributed by atoms with E-state index in [1.165, 1.54) is 0 Å². The summed E-state index contributed by atoms with van der Waals surface area (Å²) in [5.41, 5.74) is -0.113. The molecule has 0 aromatic carbocycles. The first-order valence-electron chi connectivity index (χ1n) is 5.37. The standard InChI is InChI=1S/C11H16O4/c1-11(2)5-3-4-6-8(11)7(9(12)13)10(14)15-6/h6-8H,3-5H2,1-2H3,(H,12,13). The maximum atomic E-state index is 11.5. The highest BCUT2D eigenvalue weighted by atomic mass is 16.6. The van der Waals surface area contributed by atoms with Crippen molar-refractivity contribution in [2.75, 3.05) is 0 Å². The number of carboxylic acid groups (broad SMARTS) is 1. The third-order valence-electron chi connectivity index (χ3n) is 3.76. The van der Waals surface area contributed by atoms with Crippen molar-refractivity contribution in [3.05, 3.63) is 0 Å². The fourth-order valence-corrected chi connectivity index (χ4v) is 3.03. The Hall–Kier alpha value is -1.06. The van der Waals surface area contributed by atoms with E-state index in [1.54, 1.807) is 0 Å². The summed E-state index contributed by atoms with van der Waals surface area (Å²) < 4.78 is 5.16. The average Bonchev–Trinajstić information content (AvgIpc) is 2.42. The summed E-state index contributed by atoms with van der Waals surface area (Å²) in [6, 6.07) is 0. The minimum Gasteiger partial charge on any atom is -0.481 e. The van der Waals surface area contributed by atoms with Crippen LogP contribution in [-0.2, 0) is 14.3 Å². The van der Waals surface area contributed by atoms with E-state index >= 15 is 0 Å². The van der Waals surface area contributed by atoms with Crippen LogP contribution in [0.1, 0.15) is 33.1 Å². The number of aliphatic carboxylic acids is 1. The summed E-state index contributed by atoms with van der Waals surface area (Å²) in [6.07, 6.45) is 2.61. The van der Waals surface area contributed by atoms with E-state index in [0.717, 1.165) is 19.3 Å². The first-order valence-corrected chi connectivity index (χ1v) is 5.37. The molecule has 1 heterocycles. The highest BCUT2D eigenvalue weighted by Gasteiger charge is 2.56. The molecule has 84 valence electrons. The number of carbonyl (C=O) groups excluding carboxylic acids is 1. The predicted molar refractivity (Wildman–Crippen MR) is 52.1 cm³/mol. The first-order chi connectivity index (χ1) is 6.93. The zero-order valence-electron chi connectivity index (χ0n) is 9.03. The summed E-state index contributed by atoms with van der Waals surface area (Å²) >= 11 is 0. The van der Waals surface area contributed by atoms with Gasteiger partial charge in [-0.1, -0.05) is 13.8 Å². The number of carbonyl (C=O) groups is 2. The van der Waals surface area contributed by atoms with Gasteiger partial charge in [-0.2, -0.15) is 0 Å². The highest BCUT2D eigenvalue weighted by Crippen LogP contribution is 2.49. The van der Waals surface area contributed by atoms with E-state index in [1.807, 2.05) is 13.8 Å². The second-order valence-electron chi connectivity index (χ2n) is 5.20. The summed E-state index contributed by atoms with van der Waals surface area (Å²) in [7, 11) is 0. The Balaban J connectivity index is 2.33. The molecule has 2 fully saturated rings. The molecule has 1 saturated carbocycles. The zero-order valence-corrected chi connectivity index (χ0v) is 9.03. The maximum Gasteiger partial charge on any atom is 0.321 e. The average molecular weight is 212 g/mol. The third kappa shape index (κ3) is 1.52. The fourth-order valence-electron chi connectivity index (χ4n) is 3.03. The molecule has 0 aromatic rings. The monoisotopic (exact) mass is 212 g/mol. The van der Waals surface area contributed by atoms with Gasteiger partial charge in [0.2, 0.25) is 0 Å². The lowest BCUT2D eigenvalue weighted by molar-refractivity contribution is -0.153. The number of hydrogen-bond donors (Lipinski definition) is 1. The lowest BCUT2D eigenvalue weighted by Crippen LogP contribution is -2.41. The van der Waals surface area contributed by atoms with Crippen LogP contribution in [-0.4, -0.2) is 23.1 Å². The summed E-state index contributed by atoms with van der Waals surface area (Å²) in [5.74, 6) is -2.70. The topological polar surface area (TPSA) is 63.6 Å². The van der Waals surface area contributed by atoms with E-state index in [4.69, 9.17) is 9.84 Å². The van der Waals surface area contributed by atoms with Crippen LogP contribution in [0.25, 0.3) is 0 Å². The molecule has 1 saturated heterocycles. The smallest absolute Gasteiger partial charge is 0.321 e. The van der Waals surface area contributed by atoms with Crippen LogP contribution in [0.15, 0.2) is 0 Å². The van der Waals surface area contributed by atoms with Gasteiger partial charge in [0, 0.05) is 5.92 Å². The van der Waals surface area contributed by atoms with Gasteiger partial charge in [-0.25, -0.2) is 0 Å². The molecule has 0 spiro atoms. The van der Waals surface area contributed by atoms with Gasteiger partial charge in [0.25, 0.3) is 0 Å². The molecule has 2 aliphatic rings. The van der Waals surface area contributed by atoms with Crippen LogP contribution in [0.3, 0.4) is 0 Å². The third-order valence-corrected chi connectivity index (χ3v) is 3.76. The van der Waals surface area contributed by atoms with Crippen molar-refractivity contribution >= 4 is 11.9 Å². The number of rotatable bonds is 1. The van der Waals surface area contributed by atoms with Crippen molar-refractivity contribution in [1.82, 2.24) is 0 Å². The van der Waals surface area contributed by atoms with Crippen LogP contribution in [0.4, 0.5) is 0 Å². The van der Waals surface area contributed by atoms with Gasteiger partial charge in [0.1, 0.15) is 6.10 Å². The molecule has 15 heavy (non-hydrogen) atoms. The lowest BCUT2D eigenvalue weighted by Gasteiger charge is -2.39. The second-order valence-corrected chi connectivity index (χ2v) is 5.20. The van der Waals surface area contributed by atoms with Crippen LogP contribution >= 0.6 is 0 Å². The SMILES string of the molecule is CC1(C)CCCC2OC(=O)C(C(=O)O)C21. The largest absolute Gasteiger partial charge is 0.481 e. The van der Waals surface area contributed by atoms with Crippen LogP contribution < -0.4 is 0 Å². The van der Waals surface area contributed by atoms with Crippen molar-refractivity contribution < 1.29 is 19.4 Å². The Bertz CT molecular complexity index is 308. The van der Waals surface area contributed by atoms with Crippen molar-refractivity contribution in [2.45, 2.75) is 39.2 Å². The van der Waals surface area contributed by atoms with Gasteiger partial charge in [-0.3, -0.25) is 9.59 Å². The van der Waals surface area contributed by atoms with E-state index in [2.05, 4.69) is 0 Å². The molecular weight excluding hydrogens is 196 g/mol. The molecule has 0 bridgehead atoms. The molecule has 4 heteroatoms. The number of fused-ring (bicyclic) bond motifs is 1. The van der Waals surface area contributed by atoms with Crippen molar-refractivity contribution in [2.24, 2.45) is 17.3 Å². The lowest BCUT2D eigenvalue weighted by atomic mass is 9.64. The molecule has 0 aromatic heterocycles.